The molecule has 0 radical (unpaired) electrons. The van der Waals surface area contributed by atoms with E-state index in [0.717, 1.165) is 24.8 Å². The monoisotopic (exact) mass is 298 g/mol. The Kier molecular flexibility index (Phi) is 3.08. The normalized spacial score (nSPS) is 19.3. The van der Waals surface area contributed by atoms with E-state index >= 15 is 0 Å². The highest BCUT2D eigenvalue weighted by atomic mass is 32.2. The van der Waals surface area contributed by atoms with Crippen LogP contribution < -0.4 is 10.5 Å². The molecule has 0 amide bonds. The summed E-state index contributed by atoms with van der Waals surface area (Å²) in [6.45, 7) is 0. The first-order valence-corrected chi connectivity index (χ1v) is 8.31. The van der Waals surface area contributed by atoms with Crippen molar-refractivity contribution in [3.05, 3.63) is 28.1 Å². The third kappa shape index (κ3) is 2.26. The lowest BCUT2D eigenvalue weighted by molar-refractivity contribution is 0.511. The van der Waals surface area contributed by atoms with Gasteiger partial charge in [-0.25, -0.2) is 13.1 Å². The molecule has 0 saturated heterocycles. The molecule has 6 nitrogen and oxygen atoms in total. The van der Waals surface area contributed by atoms with Crippen LogP contribution in [0.4, 0.5) is 5.82 Å². The Morgan fingerprint density at radius 2 is 2.37 bits per heavy atom. The number of thiophene rings is 1. The van der Waals surface area contributed by atoms with E-state index in [9.17, 15) is 8.42 Å². The molecule has 2 heterocycles. The lowest BCUT2D eigenvalue weighted by Gasteiger charge is -2.23. The maximum atomic E-state index is 12.3. The maximum Gasteiger partial charge on any atom is 0.246 e. The van der Waals surface area contributed by atoms with Crippen LogP contribution in [0.5, 0.6) is 0 Å². The average Bonchev–Trinajstić information content (AvgIpc) is 2.97. The highest BCUT2D eigenvalue weighted by Gasteiger charge is 2.28. The number of anilines is 1. The number of aryl methyl sites for hydroxylation is 1. The van der Waals surface area contributed by atoms with Gasteiger partial charge in [-0.05, 0) is 36.3 Å². The molecule has 0 fully saturated rings. The summed E-state index contributed by atoms with van der Waals surface area (Å²) in [4.78, 5) is 1.27. The summed E-state index contributed by atoms with van der Waals surface area (Å²) in [5.41, 5.74) is 6.66. The fourth-order valence-corrected chi connectivity index (χ4v) is 4.62. The van der Waals surface area contributed by atoms with Gasteiger partial charge in [0.2, 0.25) is 10.0 Å². The van der Waals surface area contributed by atoms with Crippen molar-refractivity contribution in [1.29, 1.82) is 0 Å². The van der Waals surface area contributed by atoms with Crippen molar-refractivity contribution in [1.82, 2.24) is 14.9 Å². The zero-order valence-electron chi connectivity index (χ0n) is 10.1. The number of sulfonamides is 1. The molecule has 2 aromatic heterocycles. The fourth-order valence-electron chi connectivity index (χ4n) is 2.36. The molecule has 0 aromatic carbocycles. The average molecular weight is 298 g/mol. The predicted octanol–water partition coefficient (Wildman–Crippen LogP) is 1.41. The number of nitrogens with two attached hydrogens (primary N) is 1. The summed E-state index contributed by atoms with van der Waals surface area (Å²) in [5, 5.41) is 8.09. The molecule has 8 heteroatoms. The number of rotatable bonds is 3. The first-order valence-electron chi connectivity index (χ1n) is 5.95. The number of aromatic nitrogens is 2. The van der Waals surface area contributed by atoms with Crippen molar-refractivity contribution >= 4 is 27.2 Å². The van der Waals surface area contributed by atoms with Crippen LogP contribution in [-0.4, -0.2) is 18.6 Å². The number of H-pyrrole nitrogens is 1. The van der Waals surface area contributed by atoms with E-state index < -0.39 is 10.0 Å². The summed E-state index contributed by atoms with van der Waals surface area (Å²) >= 11 is 1.68. The Balaban J connectivity index is 1.90. The van der Waals surface area contributed by atoms with Crippen LogP contribution in [0.15, 0.2) is 22.5 Å². The molecule has 4 N–H and O–H groups in total. The SMILES string of the molecule is Nc1[nH]ncc1S(=O)(=O)NC1CCCc2sccc21. The quantitative estimate of drug-likeness (QED) is 0.797. The van der Waals surface area contributed by atoms with Crippen molar-refractivity contribution in [3.8, 4) is 0 Å². The smallest absolute Gasteiger partial charge is 0.246 e. The highest BCUT2D eigenvalue weighted by Crippen LogP contribution is 2.34. The van der Waals surface area contributed by atoms with E-state index in [2.05, 4.69) is 14.9 Å². The number of fused-ring (bicyclic) bond motifs is 1. The second-order valence-electron chi connectivity index (χ2n) is 4.51. The van der Waals surface area contributed by atoms with Gasteiger partial charge in [-0.1, -0.05) is 0 Å². The molecule has 102 valence electrons. The van der Waals surface area contributed by atoms with Gasteiger partial charge in [-0.3, -0.25) is 5.10 Å². The summed E-state index contributed by atoms with van der Waals surface area (Å²) < 4.78 is 27.3. The minimum absolute atomic E-state index is 0.00912. The Morgan fingerprint density at radius 1 is 1.53 bits per heavy atom. The van der Waals surface area contributed by atoms with Gasteiger partial charge in [0.05, 0.1) is 6.20 Å². The Bertz CT molecular complexity index is 689. The first-order chi connectivity index (χ1) is 9.08. The summed E-state index contributed by atoms with van der Waals surface area (Å²) in [6, 6.07) is 1.82. The van der Waals surface area contributed by atoms with Gasteiger partial charge in [-0.2, -0.15) is 5.10 Å². The van der Waals surface area contributed by atoms with Gasteiger partial charge in [0.25, 0.3) is 0 Å². The molecule has 0 aliphatic heterocycles. The number of hydrogen-bond donors (Lipinski definition) is 3. The number of nitrogens with zero attached hydrogens (tertiary/aromatic N) is 1. The highest BCUT2D eigenvalue weighted by molar-refractivity contribution is 7.89. The lowest BCUT2D eigenvalue weighted by atomic mass is 9.95. The summed E-state index contributed by atoms with van der Waals surface area (Å²) in [5.74, 6) is 0.0638. The minimum Gasteiger partial charge on any atom is -0.383 e. The number of hydrogen-bond acceptors (Lipinski definition) is 5. The van der Waals surface area contributed by atoms with Crippen LogP contribution in [0, 0.1) is 0 Å². The topological polar surface area (TPSA) is 101 Å². The summed E-state index contributed by atoms with van der Waals surface area (Å²) in [6.07, 6.45) is 4.05. The molecular weight excluding hydrogens is 284 g/mol. The number of aromatic amines is 1. The molecule has 0 bridgehead atoms. The van der Waals surface area contributed by atoms with Gasteiger partial charge in [0.1, 0.15) is 10.7 Å². The Hall–Kier alpha value is -1.38. The van der Waals surface area contributed by atoms with Crippen LogP contribution in [0.2, 0.25) is 0 Å². The van der Waals surface area contributed by atoms with Crippen LogP contribution in [0.25, 0.3) is 0 Å². The fraction of sp³-hybridized carbons (Fsp3) is 0.364. The Labute approximate surface area is 115 Å². The van der Waals surface area contributed by atoms with E-state index in [4.69, 9.17) is 5.73 Å². The molecule has 0 spiro atoms. The lowest BCUT2D eigenvalue weighted by Crippen LogP contribution is -2.30. The molecule has 3 rings (SSSR count). The van der Waals surface area contributed by atoms with E-state index in [1.165, 1.54) is 11.1 Å². The number of nitrogen functional groups attached to an aromatic ring is 1. The van der Waals surface area contributed by atoms with Crippen LogP contribution in [-0.2, 0) is 16.4 Å². The van der Waals surface area contributed by atoms with Crippen LogP contribution >= 0.6 is 11.3 Å². The van der Waals surface area contributed by atoms with Gasteiger partial charge in [0.15, 0.2) is 0 Å². The van der Waals surface area contributed by atoms with E-state index in [1.54, 1.807) is 11.3 Å². The second kappa shape index (κ2) is 4.62. The van der Waals surface area contributed by atoms with Gasteiger partial charge in [0, 0.05) is 10.9 Å². The largest absolute Gasteiger partial charge is 0.383 e. The molecule has 1 atom stereocenters. The number of nitrogens with one attached hydrogen (secondary N) is 2. The molecule has 1 aliphatic rings. The predicted molar refractivity (Wildman–Crippen MR) is 73.3 cm³/mol. The second-order valence-corrected chi connectivity index (χ2v) is 7.20. The zero-order valence-corrected chi connectivity index (χ0v) is 11.7. The Morgan fingerprint density at radius 3 is 3.11 bits per heavy atom. The minimum atomic E-state index is -3.63. The van der Waals surface area contributed by atoms with Crippen LogP contribution in [0.3, 0.4) is 0 Å². The zero-order chi connectivity index (χ0) is 13.5. The van der Waals surface area contributed by atoms with Crippen molar-refractivity contribution in [2.75, 3.05) is 5.73 Å². The maximum absolute atomic E-state index is 12.3. The third-order valence-electron chi connectivity index (χ3n) is 3.27. The van der Waals surface area contributed by atoms with Crippen molar-refractivity contribution in [2.24, 2.45) is 0 Å². The van der Waals surface area contributed by atoms with Crippen LogP contribution in [0.1, 0.15) is 29.3 Å². The van der Waals surface area contributed by atoms with Gasteiger partial charge in [-0.15, -0.1) is 11.3 Å². The van der Waals surface area contributed by atoms with Gasteiger partial charge < -0.3 is 5.73 Å². The molecular formula is C11H14N4O2S2. The molecule has 1 unspecified atom stereocenters. The third-order valence-corrected chi connectivity index (χ3v) is 5.77. The summed E-state index contributed by atoms with van der Waals surface area (Å²) in [7, 11) is -3.63. The molecule has 2 aromatic rings. The van der Waals surface area contributed by atoms with Crippen molar-refractivity contribution in [2.45, 2.75) is 30.2 Å². The molecule has 0 saturated carbocycles. The van der Waals surface area contributed by atoms with E-state index in [-0.39, 0.29) is 16.8 Å². The first kappa shape index (κ1) is 12.6. The molecule has 1 aliphatic carbocycles. The van der Waals surface area contributed by atoms with Crippen molar-refractivity contribution < 1.29 is 8.42 Å². The van der Waals surface area contributed by atoms with E-state index in [1.807, 2.05) is 11.4 Å². The van der Waals surface area contributed by atoms with Crippen molar-refractivity contribution in [3.63, 3.8) is 0 Å². The standard InChI is InChI=1S/C11H14N4O2S2/c12-11-10(6-13-14-11)19(16,17)15-8-2-1-3-9-7(8)4-5-18-9/h4-6,8,15H,1-3H2,(H3,12,13,14). The van der Waals surface area contributed by atoms with E-state index in [0.29, 0.717) is 0 Å². The van der Waals surface area contributed by atoms with Gasteiger partial charge >= 0.3 is 0 Å². The molecule has 19 heavy (non-hydrogen) atoms.